The van der Waals surface area contributed by atoms with E-state index in [1.54, 1.807) is 19.1 Å². The second kappa shape index (κ2) is 7.62. The Balaban J connectivity index is 2.02. The summed E-state index contributed by atoms with van der Waals surface area (Å²) < 4.78 is 2.25. The van der Waals surface area contributed by atoms with E-state index in [1.807, 2.05) is 12.3 Å². The number of para-hydroxylation sites is 1. The summed E-state index contributed by atoms with van der Waals surface area (Å²) in [6.07, 6.45) is 2.79. The third kappa shape index (κ3) is 3.56. The standard InChI is InChI=1S/C23H24N2O2/c1-5-18-9-6-7-12-22(18)25-15(2)13-19(17(25)4)14-24-21-11-8-10-20(16(21)3)23(26)27/h6-14H,5H2,1-4H3,(H,26,27). The maximum absolute atomic E-state index is 11.3. The summed E-state index contributed by atoms with van der Waals surface area (Å²) in [5, 5.41) is 9.28. The van der Waals surface area contributed by atoms with Crippen LogP contribution in [0.4, 0.5) is 5.69 Å². The average Bonchev–Trinajstić information content (AvgIpc) is 2.94. The van der Waals surface area contributed by atoms with Crippen molar-refractivity contribution in [3.8, 4) is 5.69 Å². The topological polar surface area (TPSA) is 54.6 Å². The molecule has 0 unspecified atom stereocenters. The third-order valence-corrected chi connectivity index (χ3v) is 4.96. The van der Waals surface area contributed by atoms with Crippen LogP contribution in [0.2, 0.25) is 0 Å². The van der Waals surface area contributed by atoms with Crippen LogP contribution in [0.1, 0.15) is 45.4 Å². The highest BCUT2D eigenvalue weighted by Crippen LogP contribution is 2.25. The minimum Gasteiger partial charge on any atom is -0.478 e. The van der Waals surface area contributed by atoms with E-state index in [-0.39, 0.29) is 5.56 Å². The number of nitrogens with zero attached hydrogens (tertiary/aromatic N) is 2. The normalized spacial score (nSPS) is 11.3. The van der Waals surface area contributed by atoms with Crippen molar-refractivity contribution in [2.45, 2.75) is 34.1 Å². The van der Waals surface area contributed by atoms with Crippen molar-refractivity contribution in [2.24, 2.45) is 4.99 Å². The van der Waals surface area contributed by atoms with E-state index in [1.165, 1.54) is 11.3 Å². The highest BCUT2D eigenvalue weighted by atomic mass is 16.4. The predicted molar refractivity (Wildman–Crippen MR) is 110 cm³/mol. The molecule has 138 valence electrons. The molecule has 0 radical (unpaired) electrons. The molecule has 0 aliphatic heterocycles. The van der Waals surface area contributed by atoms with E-state index in [2.05, 4.69) is 60.7 Å². The van der Waals surface area contributed by atoms with E-state index in [4.69, 9.17) is 0 Å². The Morgan fingerprint density at radius 2 is 1.85 bits per heavy atom. The van der Waals surface area contributed by atoms with Crippen LogP contribution in [-0.2, 0) is 6.42 Å². The number of carboxylic acids is 1. The average molecular weight is 360 g/mol. The molecule has 0 aliphatic rings. The largest absolute Gasteiger partial charge is 0.478 e. The maximum atomic E-state index is 11.3. The molecule has 0 aliphatic carbocycles. The number of aliphatic imine (C=N–C) groups is 1. The molecule has 0 saturated carbocycles. The lowest BCUT2D eigenvalue weighted by molar-refractivity contribution is 0.0696. The van der Waals surface area contributed by atoms with E-state index < -0.39 is 5.97 Å². The van der Waals surface area contributed by atoms with Gasteiger partial charge < -0.3 is 9.67 Å². The van der Waals surface area contributed by atoms with Gasteiger partial charge in [-0.15, -0.1) is 0 Å². The SMILES string of the molecule is CCc1ccccc1-n1c(C)cc(C=Nc2cccc(C(=O)O)c2C)c1C. The van der Waals surface area contributed by atoms with Gasteiger partial charge in [0.15, 0.2) is 0 Å². The highest BCUT2D eigenvalue weighted by Gasteiger charge is 2.13. The molecule has 2 aromatic carbocycles. The van der Waals surface area contributed by atoms with Gasteiger partial charge in [-0.1, -0.05) is 31.2 Å². The molecule has 3 aromatic rings. The molecule has 3 rings (SSSR count). The number of hydrogen-bond acceptors (Lipinski definition) is 2. The summed E-state index contributed by atoms with van der Waals surface area (Å²) in [6.45, 7) is 8.12. The first-order chi connectivity index (χ1) is 12.9. The second-order valence-corrected chi connectivity index (χ2v) is 6.66. The number of aromatic carboxylic acids is 1. The van der Waals surface area contributed by atoms with Crippen LogP contribution in [0.25, 0.3) is 5.69 Å². The van der Waals surface area contributed by atoms with Crippen LogP contribution in [0.5, 0.6) is 0 Å². The molecule has 4 heteroatoms. The van der Waals surface area contributed by atoms with Crippen LogP contribution in [0.15, 0.2) is 53.5 Å². The maximum Gasteiger partial charge on any atom is 0.336 e. The fourth-order valence-electron chi connectivity index (χ4n) is 3.45. The molecular formula is C23H24N2O2. The minimum atomic E-state index is -0.932. The fourth-order valence-corrected chi connectivity index (χ4v) is 3.45. The van der Waals surface area contributed by atoms with E-state index in [9.17, 15) is 9.90 Å². The van der Waals surface area contributed by atoms with Gasteiger partial charge in [-0.3, -0.25) is 4.99 Å². The zero-order valence-electron chi connectivity index (χ0n) is 16.2. The molecule has 0 saturated heterocycles. The monoisotopic (exact) mass is 360 g/mol. The predicted octanol–water partition coefficient (Wildman–Crippen LogP) is 5.41. The first-order valence-corrected chi connectivity index (χ1v) is 9.08. The van der Waals surface area contributed by atoms with Crippen LogP contribution in [-0.4, -0.2) is 21.9 Å². The number of aryl methyl sites for hydroxylation is 2. The van der Waals surface area contributed by atoms with Crippen molar-refractivity contribution in [3.63, 3.8) is 0 Å². The molecule has 27 heavy (non-hydrogen) atoms. The molecule has 1 N–H and O–H groups in total. The summed E-state index contributed by atoms with van der Waals surface area (Å²) in [5.74, 6) is -0.932. The molecule has 0 spiro atoms. The number of benzene rings is 2. The first-order valence-electron chi connectivity index (χ1n) is 9.08. The van der Waals surface area contributed by atoms with Crippen LogP contribution in [0, 0.1) is 20.8 Å². The molecule has 0 bridgehead atoms. The van der Waals surface area contributed by atoms with Crippen LogP contribution in [0.3, 0.4) is 0 Å². The Bertz CT molecular complexity index is 1030. The lowest BCUT2D eigenvalue weighted by Gasteiger charge is -2.13. The van der Waals surface area contributed by atoms with Crippen LogP contribution < -0.4 is 0 Å². The Kier molecular flexibility index (Phi) is 5.26. The first kappa shape index (κ1) is 18.6. The molecule has 0 fully saturated rings. The molecule has 0 atom stereocenters. The zero-order chi connectivity index (χ0) is 19.6. The van der Waals surface area contributed by atoms with Gasteiger partial charge in [0.2, 0.25) is 0 Å². The molecule has 1 aromatic heterocycles. The number of hydrogen-bond donors (Lipinski definition) is 1. The molecule has 0 amide bonds. The Morgan fingerprint density at radius 1 is 1.11 bits per heavy atom. The summed E-state index contributed by atoms with van der Waals surface area (Å²) in [7, 11) is 0. The highest BCUT2D eigenvalue weighted by molar-refractivity contribution is 5.92. The zero-order valence-corrected chi connectivity index (χ0v) is 16.2. The van der Waals surface area contributed by atoms with Gasteiger partial charge in [-0.25, -0.2) is 4.79 Å². The van der Waals surface area contributed by atoms with E-state index in [0.29, 0.717) is 11.3 Å². The van der Waals surface area contributed by atoms with Crippen molar-refractivity contribution in [3.05, 3.63) is 82.2 Å². The third-order valence-electron chi connectivity index (χ3n) is 4.96. The van der Waals surface area contributed by atoms with Gasteiger partial charge in [0.1, 0.15) is 0 Å². The number of rotatable bonds is 5. The minimum absolute atomic E-state index is 0.284. The number of carbonyl (C=O) groups is 1. The lowest BCUT2D eigenvalue weighted by atomic mass is 10.1. The van der Waals surface area contributed by atoms with E-state index in [0.717, 1.165) is 23.4 Å². The molecule has 1 heterocycles. The fraction of sp³-hybridized carbons (Fsp3) is 0.217. The smallest absolute Gasteiger partial charge is 0.336 e. The van der Waals surface area contributed by atoms with Gasteiger partial charge in [-0.2, -0.15) is 0 Å². The van der Waals surface area contributed by atoms with Gasteiger partial charge in [0, 0.05) is 28.9 Å². The van der Waals surface area contributed by atoms with Crippen molar-refractivity contribution >= 4 is 17.9 Å². The summed E-state index contributed by atoms with van der Waals surface area (Å²) in [5.41, 5.74) is 7.41. The summed E-state index contributed by atoms with van der Waals surface area (Å²) >= 11 is 0. The Morgan fingerprint density at radius 3 is 2.56 bits per heavy atom. The van der Waals surface area contributed by atoms with Gasteiger partial charge in [0.25, 0.3) is 0 Å². The quantitative estimate of drug-likeness (QED) is 0.618. The number of carboxylic acid groups (broad SMARTS) is 1. The van der Waals surface area contributed by atoms with Crippen molar-refractivity contribution in [1.82, 2.24) is 4.57 Å². The van der Waals surface area contributed by atoms with Crippen molar-refractivity contribution in [2.75, 3.05) is 0 Å². The van der Waals surface area contributed by atoms with Gasteiger partial charge in [0.05, 0.1) is 11.3 Å². The molecular weight excluding hydrogens is 336 g/mol. The lowest BCUT2D eigenvalue weighted by Crippen LogP contribution is -2.03. The summed E-state index contributed by atoms with van der Waals surface area (Å²) in [6, 6.07) is 15.7. The molecule has 4 nitrogen and oxygen atoms in total. The Labute approximate surface area is 159 Å². The van der Waals surface area contributed by atoms with Crippen LogP contribution >= 0.6 is 0 Å². The van der Waals surface area contributed by atoms with E-state index >= 15 is 0 Å². The van der Waals surface area contributed by atoms with Gasteiger partial charge in [-0.05, 0) is 62.6 Å². The summed E-state index contributed by atoms with van der Waals surface area (Å²) in [4.78, 5) is 15.9. The van der Waals surface area contributed by atoms with Crippen molar-refractivity contribution in [1.29, 1.82) is 0 Å². The second-order valence-electron chi connectivity index (χ2n) is 6.66. The number of aromatic nitrogens is 1. The Hall–Kier alpha value is -3.14. The van der Waals surface area contributed by atoms with Crippen molar-refractivity contribution < 1.29 is 9.90 Å². The van der Waals surface area contributed by atoms with Gasteiger partial charge >= 0.3 is 5.97 Å².